The fourth-order valence-corrected chi connectivity index (χ4v) is 2.34. The van der Waals surface area contributed by atoms with Crippen molar-refractivity contribution in [1.29, 1.82) is 0 Å². The number of amides is 2. The number of hydrogen-bond acceptors (Lipinski definition) is 3. The molecule has 0 aliphatic rings. The first kappa shape index (κ1) is 16.3. The number of benzene rings is 1. The Morgan fingerprint density at radius 1 is 1.45 bits per heavy atom. The van der Waals surface area contributed by atoms with Crippen molar-refractivity contribution >= 4 is 17.6 Å². The molecule has 2 N–H and O–H groups in total. The van der Waals surface area contributed by atoms with E-state index in [2.05, 4.69) is 20.7 Å². The SMILES string of the molecule is CC[C@H](NC(=O)NCCCn1cncn1)c1cccc(Cl)c1. The van der Waals surface area contributed by atoms with Crippen LogP contribution in [-0.2, 0) is 6.54 Å². The lowest BCUT2D eigenvalue weighted by Crippen LogP contribution is -2.38. The van der Waals surface area contributed by atoms with E-state index in [1.165, 1.54) is 6.33 Å². The van der Waals surface area contributed by atoms with Gasteiger partial charge in [0.25, 0.3) is 0 Å². The Kier molecular flexibility index (Phi) is 6.21. The zero-order chi connectivity index (χ0) is 15.8. The maximum absolute atomic E-state index is 11.9. The van der Waals surface area contributed by atoms with Gasteiger partial charge in [0, 0.05) is 18.1 Å². The van der Waals surface area contributed by atoms with Crippen LogP contribution >= 0.6 is 11.6 Å². The van der Waals surface area contributed by atoms with Crippen LogP contribution < -0.4 is 10.6 Å². The van der Waals surface area contributed by atoms with Gasteiger partial charge in [-0.25, -0.2) is 9.78 Å². The number of aromatic nitrogens is 3. The lowest BCUT2D eigenvalue weighted by molar-refractivity contribution is 0.236. The van der Waals surface area contributed by atoms with Gasteiger partial charge in [-0.15, -0.1) is 0 Å². The summed E-state index contributed by atoms with van der Waals surface area (Å²) in [5, 5.41) is 10.5. The summed E-state index contributed by atoms with van der Waals surface area (Å²) in [5.74, 6) is 0. The minimum absolute atomic E-state index is 0.0472. The average Bonchev–Trinajstić information content (AvgIpc) is 3.02. The van der Waals surface area contributed by atoms with Crippen molar-refractivity contribution in [1.82, 2.24) is 25.4 Å². The smallest absolute Gasteiger partial charge is 0.315 e. The Balaban J connectivity index is 1.75. The Labute approximate surface area is 134 Å². The molecule has 1 atom stereocenters. The van der Waals surface area contributed by atoms with Crippen LogP contribution in [0, 0.1) is 0 Å². The van der Waals surface area contributed by atoms with Crippen molar-refractivity contribution in [2.75, 3.05) is 6.54 Å². The molecule has 0 saturated carbocycles. The largest absolute Gasteiger partial charge is 0.338 e. The number of halogens is 1. The molecular weight excluding hydrogens is 302 g/mol. The number of urea groups is 1. The molecule has 0 radical (unpaired) electrons. The van der Waals surface area contributed by atoms with Gasteiger partial charge in [-0.3, -0.25) is 4.68 Å². The molecule has 118 valence electrons. The Bertz CT molecular complexity index is 587. The summed E-state index contributed by atoms with van der Waals surface area (Å²) >= 11 is 5.99. The quantitative estimate of drug-likeness (QED) is 0.770. The summed E-state index contributed by atoms with van der Waals surface area (Å²) < 4.78 is 1.74. The number of hydrogen-bond donors (Lipinski definition) is 2. The molecule has 1 aromatic carbocycles. The van der Waals surface area contributed by atoms with Crippen molar-refractivity contribution in [3.8, 4) is 0 Å². The number of nitrogens with zero attached hydrogens (tertiary/aromatic N) is 3. The van der Waals surface area contributed by atoms with Crippen molar-refractivity contribution in [3.05, 3.63) is 47.5 Å². The summed E-state index contributed by atoms with van der Waals surface area (Å²) in [6, 6.07) is 7.32. The minimum Gasteiger partial charge on any atom is -0.338 e. The van der Waals surface area contributed by atoms with Crippen molar-refractivity contribution < 1.29 is 4.79 Å². The average molecular weight is 322 g/mol. The molecule has 7 heteroatoms. The fourth-order valence-electron chi connectivity index (χ4n) is 2.14. The third kappa shape index (κ3) is 5.04. The van der Waals surface area contributed by atoms with Crippen LogP contribution in [0.5, 0.6) is 0 Å². The summed E-state index contributed by atoms with van der Waals surface area (Å²) in [7, 11) is 0. The van der Waals surface area contributed by atoms with E-state index >= 15 is 0 Å². The Morgan fingerprint density at radius 3 is 3.00 bits per heavy atom. The van der Waals surface area contributed by atoms with E-state index in [-0.39, 0.29) is 12.1 Å². The van der Waals surface area contributed by atoms with Crippen LogP contribution in [0.3, 0.4) is 0 Å². The molecule has 0 spiro atoms. The number of nitrogens with one attached hydrogen (secondary N) is 2. The molecule has 0 aliphatic heterocycles. The molecule has 1 heterocycles. The van der Waals surface area contributed by atoms with E-state index in [0.29, 0.717) is 11.6 Å². The summed E-state index contributed by atoms with van der Waals surface area (Å²) in [6.07, 6.45) is 4.75. The molecule has 0 aliphatic carbocycles. The van der Waals surface area contributed by atoms with E-state index in [4.69, 9.17) is 11.6 Å². The summed E-state index contributed by atoms with van der Waals surface area (Å²) in [4.78, 5) is 15.8. The highest BCUT2D eigenvalue weighted by molar-refractivity contribution is 6.30. The van der Waals surface area contributed by atoms with Crippen molar-refractivity contribution in [2.45, 2.75) is 32.4 Å². The number of carbonyl (C=O) groups is 1. The highest BCUT2D eigenvalue weighted by Crippen LogP contribution is 2.20. The molecule has 2 aromatic rings. The summed E-state index contributed by atoms with van der Waals surface area (Å²) in [5.41, 5.74) is 1.01. The first-order chi connectivity index (χ1) is 10.7. The van der Waals surface area contributed by atoms with Crippen LogP contribution in [0.2, 0.25) is 5.02 Å². The van der Waals surface area contributed by atoms with E-state index in [0.717, 1.165) is 24.9 Å². The zero-order valence-corrected chi connectivity index (χ0v) is 13.3. The Hall–Kier alpha value is -2.08. The fraction of sp³-hybridized carbons (Fsp3) is 0.400. The van der Waals surface area contributed by atoms with Gasteiger partial charge in [0.1, 0.15) is 12.7 Å². The highest BCUT2D eigenvalue weighted by atomic mass is 35.5. The van der Waals surface area contributed by atoms with Crippen LogP contribution in [-0.4, -0.2) is 27.3 Å². The number of rotatable bonds is 7. The second kappa shape index (κ2) is 8.38. The number of carbonyl (C=O) groups excluding carboxylic acids is 1. The van der Waals surface area contributed by atoms with Gasteiger partial charge in [0.15, 0.2) is 0 Å². The van der Waals surface area contributed by atoms with Crippen LogP contribution in [0.1, 0.15) is 31.4 Å². The van der Waals surface area contributed by atoms with Gasteiger partial charge in [0.05, 0.1) is 6.04 Å². The standard InChI is InChI=1S/C15H20ClN5O/c1-2-14(12-5-3-6-13(16)9-12)20-15(22)18-7-4-8-21-11-17-10-19-21/h3,5-6,9-11,14H,2,4,7-8H2,1H3,(H2,18,20,22)/t14-/m0/s1. The van der Waals surface area contributed by atoms with Gasteiger partial charge in [-0.1, -0.05) is 30.7 Å². The summed E-state index contributed by atoms with van der Waals surface area (Å²) in [6.45, 7) is 3.33. The molecule has 6 nitrogen and oxygen atoms in total. The Morgan fingerprint density at radius 2 is 2.32 bits per heavy atom. The molecular formula is C15H20ClN5O. The molecule has 1 aromatic heterocycles. The van der Waals surface area contributed by atoms with E-state index in [1.807, 2.05) is 31.2 Å². The predicted molar refractivity (Wildman–Crippen MR) is 85.7 cm³/mol. The molecule has 0 fully saturated rings. The van der Waals surface area contributed by atoms with E-state index in [1.54, 1.807) is 11.0 Å². The van der Waals surface area contributed by atoms with E-state index < -0.39 is 0 Å². The maximum atomic E-state index is 11.9. The van der Waals surface area contributed by atoms with Gasteiger partial charge in [-0.2, -0.15) is 5.10 Å². The van der Waals surface area contributed by atoms with Gasteiger partial charge < -0.3 is 10.6 Å². The second-order valence-electron chi connectivity index (χ2n) is 4.93. The monoisotopic (exact) mass is 321 g/mol. The van der Waals surface area contributed by atoms with Gasteiger partial charge >= 0.3 is 6.03 Å². The molecule has 2 amide bonds. The maximum Gasteiger partial charge on any atom is 0.315 e. The number of aryl methyl sites for hydroxylation is 1. The third-order valence-corrected chi connectivity index (χ3v) is 3.52. The zero-order valence-electron chi connectivity index (χ0n) is 12.5. The van der Waals surface area contributed by atoms with Crippen LogP contribution in [0.25, 0.3) is 0 Å². The first-order valence-electron chi connectivity index (χ1n) is 7.31. The second-order valence-corrected chi connectivity index (χ2v) is 5.36. The van der Waals surface area contributed by atoms with E-state index in [9.17, 15) is 4.79 Å². The molecule has 0 bridgehead atoms. The minimum atomic E-state index is -0.176. The molecule has 0 saturated heterocycles. The van der Waals surface area contributed by atoms with Gasteiger partial charge in [0.2, 0.25) is 0 Å². The molecule has 2 rings (SSSR count). The lowest BCUT2D eigenvalue weighted by Gasteiger charge is -2.18. The van der Waals surface area contributed by atoms with Crippen molar-refractivity contribution in [3.63, 3.8) is 0 Å². The molecule has 22 heavy (non-hydrogen) atoms. The van der Waals surface area contributed by atoms with Crippen LogP contribution in [0.4, 0.5) is 4.79 Å². The first-order valence-corrected chi connectivity index (χ1v) is 7.69. The topological polar surface area (TPSA) is 71.8 Å². The third-order valence-electron chi connectivity index (χ3n) is 3.28. The van der Waals surface area contributed by atoms with Crippen molar-refractivity contribution in [2.24, 2.45) is 0 Å². The predicted octanol–water partition coefficient (Wildman–Crippen LogP) is 2.77. The lowest BCUT2D eigenvalue weighted by atomic mass is 10.1. The normalized spacial score (nSPS) is 11.9. The van der Waals surface area contributed by atoms with Crippen LogP contribution in [0.15, 0.2) is 36.9 Å². The van der Waals surface area contributed by atoms with Gasteiger partial charge in [-0.05, 0) is 30.5 Å². The molecule has 0 unspecified atom stereocenters. The highest BCUT2D eigenvalue weighted by Gasteiger charge is 2.12.